The van der Waals surface area contributed by atoms with Crippen LogP contribution < -0.4 is 4.72 Å². The van der Waals surface area contributed by atoms with Gasteiger partial charge in [0.2, 0.25) is 10.0 Å². The van der Waals surface area contributed by atoms with Crippen LogP contribution in [0.25, 0.3) is 0 Å². The largest absolute Gasteiger partial charge is 0.449 e. The van der Waals surface area contributed by atoms with E-state index in [0.29, 0.717) is 36.0 Å². The number of aliphatic hydroxyl groups is 2. The van der Waals surface area contributed by atoms with Crippen molar-refractivity contribution in [2.45, 2.75) is 118 Å². The topological polar surface area (TPSA) is 113 Å². The van der Waals surface area contributed by atoms with Crippen molar-refractivity contribution < 1.29 is 28.2 Å². The Hall–Kier alpha value is -0.860. The lowest BCUT2D eigenvalue weighted by Crippen LogP contribution is -2.62. The third-order valence-corrected chi connectivity index (χ3v) is 13.1. The highest BCUT2D eigenvalue weighted by atomic mass is 32.2. The van der Waals surface area contributed by atoms with Crippen molar-refractivity contribution in [2.75, 3.05) is 12.4 Å². The molecule has 220 valence electrons. The van der Waals surface area contributed by atoms with Gasteiger partial charge in [0.25, 0.3) is 0 Å². The standard InChI is InChI=1S/C30H53NO6S/c1-7-21-24-17-20(32)12-14-30(24,6)23-13-15-29(5)19(10-11-22(29)25(23)26(21)33)9-8-16-37-27(34)31-38(35,36)18-28(2,3)4/h19-26,32-33H,7-18H2,1-6H3,(H,31,34)/t19-,20+,21+,22-,23-,24-,25-,26+,29+,30+/m0/s1. The molecule has 0 unspecified atom stereocenters. The van der Waals surface area contributed by atoms with Crippen LogP contribution in [0.2, 0.25) is 0 Å². The first-order chi connectivity index (χ1) is 17.6. The number of nitrogens with one attached hydrogen (secondary N) is 1. The van der Waals surface area contributed by atoms with Gasteiger partial charge >= 0.3 is 6.09 Å². The van der Waals surface area contributed by atoms with E-state index in [-0.39, 0.29) is 41.3 Å². The molecule has 7 nitrogen and oxygen atoms in total. The van der Waals surface area contributed by atoms with Crippen LogP contribution in [0.15, 0.2) is 0 Å². The van der Waals surface area contributed by atoms with Crippen LogP contribution in [-0.2, 0) is 14.8 Å². The fraction of sp³-hybridized carbons (Fsp3) is 0.967. The maximum Gasteiger partial charge on any atom is 0.420 e. The molecule has 0 aromatic heterocycles. The summed E-state index contributed by atoms with van der Waals surface area (Å²) in [4.78, 5) is 12.1. The van der Waals surface area contributed by atoms with E-state index in [1.54, 1.807) is 0 Å². The van der Waals surface area contributed by atoms with Crippen LogP contribution in [0.3, 0.4) is 0 Å². The minimum Gasteiger partial charge on any atom is -0.449 e. The summed E-state index contributed by atoms with van der Waals surface area (Å²) in [6, 6.07) is 0. The molecule has 0 aliphatic heterocycles. The molecule has 8 heteroatoms. The van der Waals surface area contributed by atoms with Crippen molar-refractivity contribution in [1.82, 2.24) is 4.72 Å². The van der Waals surface area contributed by atoms with E-state index in [1.807, 2.05) is 25.5 Å². The van der Waals surface area contributed by atoms with Crippen molar-refractivity contribution >= 4 is 16.1 Å². The number of amides is 1. The number of carbonyl (C=O) groups is 1. The third-order valence-electron chi connectivity index (χ3n) is 11.4. The molecule has 3 N–H and O–H groups in total. The van der Waals surface area contributed by atoms with Gasteiger partial charge in [-0.15, -0.1) is 0 Å². The molecule has 10 atom stereocenters. The Kier molecular flexibility index (Phi) is 8.59. The molecule has 38 heavy (non-hydrogen) atoms. The van der Waals surface area contributed by atoms with E-state index < -0.39 is 21.5 Å². The normalized spacial score (nSPS) is 43.1. The van der Waals surface area contributed by atoms with Crippen LogP contribution >= 0.6 is 0 Å². The lowest BCUT2D eigenvalue weighted by Gasteiger charge is -2.64. The van der Waals surface area contributed by atoms with Crippen molar-refractivity contribution in [3.63, 3.8) is 0 Å². The van der Waals surface area contributed by atoms with Gasteiger partial charge in [-0.2, -0.15) is 0 Å². The van der Waals surface area contributed by atoms with E-state index in [9.17, 15) is 23.4 Å². The first-order valence-corrected chi connectivity index (χ1v) is 16.8. The van der Waals surface area contributed by atoms with Gasteiger partial charge in [0.1, 0.15) is 0 Å². The summed E-state index contributed by atoms with van der Waals surface area (Å²) in [5.41, 5.74) is -0.0624. The van der Waals surface area contributed by atoms with Gasteiger partial charge in [0, 0.05) is 0 Å². The zero-order valence-corrected chi connectivity index (χ0v) is 25.4. The highest BCUT2D eigenvalue weighted by molar-refractivity contribution is 7.90. The van der Waals surface area contributed by atoms with Gasteiger partial charge in [0.15, 0.2) is 0 Å². The van der Waals surface area contributed by atoms with Gasteiger partial charge in [0.05, 0.1) is 24.6 Å². The van der Waals surface area contributed by atoms with Crippen LogP contribution in [-0.4, -0.2) is 49.3 Å². The summed E-state index contributed by atoms with van der Waals surface area (Å²) in [7, 11) is -3.72. The maximum atomic E-state index is 12.2. The Morgan fingerprint density at radius 1 is 1.00 bits per heavy atom. The molecule has 4 rings (SSSR count). The predicted octanol–water partition coefficient (Wildman–Crippen LogP) is 5.50. The van der Waals surface area contributed by atoms with Crippen molar-refractivity contribution in [3.05, 3.63) is 0 Å². The molecular weight excluding hydrogens is 502 g/mol. The molecule has 1 amide bonds. The number of sulfonamides is 1. The van der Waals surface area contributed by atoms with Gasteiger partial charge in [-0.05, 0) is 110 Å². The molecule has 0 aromatic rings. The number of aliphatic hydroxyl groups excluding tert-OH is 2. The summed E-state index contributed by atoms with van der Waals surface area (Å²) >= 11 is 0. The van der Waals surface area contributed by atoms with E-state index in [4.69, 9.17) is 4.74 Å². The second kappa shape index (κ2) is 10.8. The molecule has 0 aromatic carbocycles. The van der Waals surface area contributed by atoms with Gasteiger partial charge in [-0.3, -0.25) is 0 Å². The Balaban J connectivity index is 1.36. The Morgan fingerprint density at radius 3 is 2.32 bits per heavy atom. The van der Waals surface area contributed by atoms with Crippen LogP contribution in [0.4, 0.5) is 4.79 Å². The van der Waals surface area contributed by atoms with Crippen molar-refractivity contribution in [1.29, 1.82) is 0 Å². The van der Waals surface area contributed by atoms with Crippen LogP contribution in [0.1, 0.15) is 106 Å². The molecule has 4 aliphatic rings. The van der Waals surface area contributed by atoms with Gasteiger partial charge < -0.3 is 14.9 Å². The van der Waals surface area contributed by atoms with Gasteiger partial charge in [-0.1, -0.05) is 48.0 Å². The van der Waals surface area contributed by atoms with E-state index in [1.165, 1.54) is 6.42 Å². The Bertz CT molecular complexity index is 962. The molecule has 0 heterocycles. The predicted molar refractivity (Wildman–Crippen MR) is 149 cm³/mol. The lowest BCUT2D eigenvalue weighted by atomic mass is 9.41. The Labute approximate surface area is 230 Å². The second-order valence-corrected chi connectivity index (χ2v) is 16.6. The summed E-state index contributed by atoms with van der Waals surface area (Å²) in [5, 5.41) is 22.3. The molecule has 4 aliphatic carbocycles. The number of rotatable bonds is 7. The second-order valence-electron chi connectivity index (χ2n) is 14.9. The average molecular weight is 556 g/mol. The number of ether oxygens (including phenoxy) is 1. The fourth-order valence-corrected chi connectivity index (χ4v) is 11.3. The summed E-state index contributed by atoms with van der Waals surface area (Å²) in [6.45, 7) is 12.8. The number of carbonyl (C=O) groups excluding carboxylic acids is 1. The third kappa shape index (κ3) is 5.79. The quantitative estimate of drug-likeness (QED) is 0.358. The fourth-order valence-electron chi connectivity index (χ4n) is 9.80. The summed E-state index contributed by atoms with van der Waals surface area (Å²) in [6.07, 6.45) is 8.62. The summed E-state index contributed by atoms with van der Waals surface area (Å²) in [5.74, 6) is 2.42. The molecular formula is C30H53NO6S. The summed E-state index contributed by atoms with van der Waals surface area (Å²) < 4.78 is 31.6. The van der Waals surface area contributed by atoms with E-state index in [2.05, 4.69) is 20.8 Å². The smallest absolute Gasteiger partial charge is 0.420 e. The number of hydrogen-bond acceptors (Lipinski definition) is 6. The Morgan fingerprint density at radius 2 is 1.66 bits per heavy atom. The average Bonchev–Trinajstić information content (AvgIpc) is 3.12. The van der Waals surface area contributed by atoms with Crippen molar-refractivity contribution in [2.24, 2.45) is 51.8 Å². The zero-order valence-electron chi connectivity index (χ0n) is 24.5. The SMILES string of the molecule is CC[C@H]1[C@@H](O)[C@@H]2[C@H](CC[C@]3(C)[C@@H](CCCOC(=O)NS(=O)(=O)CC(C)(C)C)CC[C@@H]23)[C@@]2(C)CC[C@@H](O)C[C@@H]12. The number of hydrogen-bond donors (Lipinski definition) is 3. The highest BCUT2D eigenvalue weighted by Crippen LogP contribution is 2.69. The van der Waals surface area contributed by atoms with Crippen LogP contribution in [0.5, 0.6) is 0 Å². The van der Waals surface area contributed by atoms with Crippen LogP contribution in [0, 0.1) is 51.8 Å². The molecule has 0 spiro atoms. The van der Waals surface area contributed by atoms with Gasteiger partial charge in [-0.25, -0.2) is 17.9 Å². The van der Waals surface area contributed by atoms with E-state index in [0.717, 1.165) is 51.4 Å². The zero-order chi connectivity index (χ0) is 28.1. The molecule has 0 radical (unpaired) electrons. The first kappa shape index (κ1) is 30.1. The van der Waals surface area contributed by atoms with Crippen molar-refractivity contribution in [3.8, 4) is 0 Å². The monoisotopic (exact) mass is 555 g/mol. The first-order valence-electron chi connectivity index (χ1n) is 15.1. The minimum atomic E-state index is -3.72. The number of fused-ring (bicyclic) bond motifs is 5. The lowest BCUT2D eigenvalue weighted by molar-refractivity contribution is -0.202. The molecule has 4 saturated carbocycles. The van der Waals surface area contributed by atoms with E-state index >= 15 is 0 Å². The molecule has 0 saturated heterocycles. The maximum absolute atomic E-state index is 12.2. The minimum absolute atomic E-state index is 0.135. The molecule has 0 bridgehead atoms. The highest BCUT2D eigenvalue weighted by Gasteiger charge is 2.64. The molecule has 4 fully saturated rings.